The van der Waals surface area contributed by atoms with Crippen LogP contribution in [0.15, 0.2) is 107 Å². The van der Waals surface area contributed by atoms with Crippen molar-refractivity contribution < 1.29 is 19.1 Å². The van der Waals surface area contributed by atoms with Crippen LogP contribution in [-0.4, -0.2) is 65.0 Å². The van der Waals surface area contributed by atoms with E-state index in [0.717, 1.165) is 29.9 Å². The highest BCUT2D eigenvalue weighted by Gasteiger charge is 2.23. The Morgan fingerprint density at radius 2 is 1.49 bits per heavy atom. The van der Waals surface area contributed by atoms with E-state index in [9.17, 15) is 14.4 Å². The molecule has 7 rings (SSSR count). The quantitative estimate of drug-likeness (QED) is 0.184. The van der Waals surface area contributed by atoms with Crippen molar-refractivity contribution in [3.8, 4) is 11.5 Å². The lowest BCUT2D eigenvalue weighted by molar-refractivity contribution is -0.118. The summed E-state index contributed by atoms with van der Waals surface area (Å²) in [6, 6.07) is 30.6. The number of benzene rings is 4. The predicted octanol–water partition coefficient (Wildman–Crippen LogP) is 4.54. The lowest BCUT2D eigenvalue weighted by Crippen LogP contribution is -2.48. The highest BCUT2D eigenvalue weighted by atomic mass is 32.2. The first-order valence-corrected chi connectivity index (χ1v) is 16.5. The molecule has 0 spiro atoms. The van der Waals surface area contributed by atoms with Gasteiger partial charge in [0.15, 0.2) is 16.7 Å². The third-order valence-corrected chi connectivity index (χ3v) is 9.28. The maximum atomic E-state index is 13.9. The van der Waals surface area contributed by atoms with Gasteiger partial charge in [0.05, 0.1) is 23.2 Å². The number of nitrogens with zero attached hydrogens (tertiary/aromatic N) is 4. The lowest BCUT2D eigenvalue weighted by Gasteiger charge is -2.36. The molecule has 0 bridgehead atoms. The van der Waals surface area contributed by atoms with Crippen LogP contribution in [0.25, 0.3) is 10.9 Å². The van der Waals surface area contributed by atoms with Gasteiger partial charge in [-0.1, -0.05) is 72.4 Å². The summed E-state index contributed by atoms with van der Waals surface area (Å²) in [7, 11) is 0. The molecule has 5 aromatic rings. The Labute approximate surface area is 275 Å². The zero-order valence-corrected chi connectivity index (χ0v) is 26.4. The van der Waals surface area contributed by atoms with Crippen molar-refractivity contribution in [2.75, 3.05) is 43.6 Å². The maximum absolute atomic E-state index is 13.9. The van der Waals surface area contributed by atoms with Gasteiger partial charge in [-0.15, -0.1) is 0 Å². The molecule has 10 nitrogen and oxygen atoms in total. The van der Waals surface area contributed by atoms with E-state index in [1.807, 2.05) is 77.7 Å². The van der Waals surface area contributed by atoms with Crippen LogP contribution in [0.4, 0.5) is 5.69 Å². The number of piperazine rings is 1. The van der Waals surface area contributed by atoms with E-state index in [2.05, 4.69) is 22.3 Å². The van der Waals surface area contributed by atoms with Crippen LogP contribution in [-0.2, 0) is 17.9 Å². The van der Waals surface area contributed by atoms with Gasteiger partial charge in [-0.25, -0.2) is 4.98 Å². The molecule has 0 atom stereocenters. The zero-order valence-electron chi connectivity index (χ0n) is 25.6. The molecule has 2 amide bonds. The fraction of sp³-hybridized carbons (Fsp3) is 0.222. The fourth-order valence-corrected chi connectivity index (χ4v) is 6.57. The van der Waals surface area contributed by atoms with E-state index >= 15 is 0 Å². The normalized spacial score (nSPS) is 14.0. The summed E-state index contributed by atoms with van der Waals surface area (Å²) < 4.78 is 12.6. The van der Waals surface area contributed by atoms with Crippen LogP contribution < -0.4 is 25.2 Å². The summed E-state index contributed by atoms with van der Waals surface area (Å²) in [5, 5.41) is 3.74. The van der Waals surface area contributed by atoms with Crippen molar-refractivity contribution in [2.45, 2.75) is 18.2 Å². The van der Waals surface area contributed by atoms with Crippen molar-refractivity contribution in [3.05, 3.63) is 124 Å². The molecule has 2 aliphatic rings. The van der Waals surface area contributed by atoms with E-state index < -0.39 is 0 Å². The SMILES string of the molecule is O=C(CSc1nc2cc3c(cc2c(=O)n1Cc1ccc(C(=O)N2CCN(c4ccccc4)CC2)cc1)OCO3)NCc1ccccc1. The molecule has 0 saturated carbocycles. The van der Waals surface area contributed by atoms with Gasteiger partial charge in [0.25, 0.3) is 11.5 Å². The average molecular weight is 648 g/mol. The number of amides is 2. The molecule has 0 unspecified atom stereocenters. The molecule has 4 aromatic carbocycles. The van der Waals surface area contributed by atoms with Crippen molar-refractivity contribution in [3.63, 3.8) is 0 Å². The summed E-state index contributed by atoms with van der Waals surface area (Å²) in [5.41, 5.74) is 3.81. The van der Waals surface area contributed by atoms with Gasteiger partial charge in [-0.3, -0.25) is 19.0 Å². The van der Waals surface area contributed by atoms with Gasteiger partial charge in [0, 0.05) is 50.0 Å². The Morgan fingerprint density at radius 3 is 2.21 bits per heavy atom. The molecule has 1 saturated heterocycles. The van der Waals surface area contributed by atoms with E-state index in [1.165, 1.54) is 11.8 Å². The number of thioether (sulfide) groups is 1. The Bertz CT molecular complexity index is 1960. The third kappa shape index (κ3) is 6.80. The Morgan fingerprint density at radius 1 is 0.809 bits per heavy atom. The number of carbonyl (C=O) groups excluding carboxylic acids is 2. The van der Waals surface area contributed by atoms with Gasteiger partial charge in [-0.05, 0) is 41.5 Å². The third-order valence-electron chi connectivity index (χ3n) is 8.31. The van der Waals surface area contributed by atoms with Gasteiger partial charge < -0.3 is 24.6 Å². The molecular formula is C36H33N5O5S. The first-order valence-electron chi connectivity index (χ1n) is 15.5. The van der Waals surface area contributed by atoms with Gasteiger partial charge in [0.2, 0.25) is 12.7 Å². The number of aromatic nitrogens is 2. The Hall–Kier alpha value is -5.29. The van der Waals surface area contributed by atoms with E-state index in [-0.39, 0.29) is 36.5 Å². The summed E-state index contributed by atoms with van der Waals surface area (Å²) in [6.45, 7) is 3.55. The van der Waals surface area contributed by atoms with Crippen molar-refractivity contribution in [1.29, 1.82) is 0 Å². The minimum atomic E-state index is -0.253. The summed E-state index contributed by atoms with van der Waals surface area (Å²) in [4.78, 5) is 48.9. The molecule has 1 N–H and O–H groups in total. The number of nitrogens with one attached hydrogen (secondary N) is 1. The van der Waals surface area contributed by atoms with Crippen molar-refractivity contribution in [2.24, 2.45) is 0 Å². The van der Waals surface area contributed by atoms with Gasteiger partial charge >= 0.3 is 0 Å². The molecule has 3 heterocycles. The average Bonchev–Trinajstić information content (AvgIpc) is 3.59. The fourth-order valence-electron chi connectivity index (χ4n) is 5.74. The second-order valence-electron chi connectivity index (χ2n) is 11.4. The standard InChI is InChI=1S/C36H33N5O5S/c42-33(37-21-25-7-3-1-4-8-25)23-47-36-38-30-20-32-31(45-24-46-32)19-29(30)35(44)41(36)22-26-11-13-27(14-12-26)34(43)40-17-15-39(16-18-40)28-9-5-2-6-10-28/h1-14,19-20H,15-18,21-24H2,(H,37,42). The molecular weight excluding hydrogens is 614 g/mol. The number of ether oxygens (including phenoxy) is 2. The van der Waals surface area contributed by atoms with Crippen LogP contribution in [0.2, 0.25) is 0 Å². The Kier molecular flexibility index (Phi) is 8.79. The highest BCUT2D eigenvalue weighted by Crippen LogP contribution is 2.35. The molecule has 2 aliphatic heterocycles. The Balaban J connectivity index is 1.07. The van der Waals surface area contributed by atoms with Crippen molar-refractivity contribution >= 4 is 40.2 Å². The minimum Gasteiger partial charge on any atom is -0.454 e. The lowest BCUT2D eigenvalue weighted by atomic mass is 10.1. The van der Waals surface area contributed by atoms with Crippen LogP contribution in [0.1, 0.15) is 21.5 Å². The summed E-state index contributed by atoms with van der Waals surface area (Å²) >= 11 is 1.20. The van der Waals surface area contributed by atoms with E-state index in [4.69, 9.17) is 14.5 Å². The molecule has 238 valence electrons. The number of hydrogen-bond acceptors (Lipinski definition) is 8. The monoisotopic (exact) mass is 647 g/mol. The van der Waals surface area contributed by atoms with Crippen LogP contribution in [0, 0.1) is 0 Å². The molecule has 47 heavy (non-hydrogen) atoms. The zero-order chi connectivity index (χ0) is 32.2. The first-order chi connectivity index (χ1) is 23.0. The minimum absolute atomic E-state index is 0.0114. The number of hydrogen-bond donors (Lipinski definition) is 1. The maximum Gasteiger partial charge on any atom is 0.262 e. The van der Waals surface area contributed by atoms with Gasteiger partial charge in [-0.2, -0.15) is 0 Å². The smallest absolute Gasteiger partial charge is 0.262 e. The number of fused-ring (bicyclic) bond motifs is 2. The van der Waals surface area contributed by atoms with E-state index in [0.29, 0.717) is 52.8 Å². The number of carbonyl (C=O) groups is 2. The first kappa shape index (κ1) is 30.4. The second-order valence-corrected chi connectivity index (χ2v) is 12.3. The van der Waals surface area contributed by atoms with Crippen LogP contribution in [0.5, 0.6) is 11.5 Å². The van der Waals surface area contributed by atoms with Crippen molar-refractivity contribution in [1.82, 2.24) is 19.8 Å². The summed E-state index contributed by atoms with van der Waals surface area (Å²) in [5.74, 6) is 0.928. The van der Waals surface area contributed by atoms with Crippen LogP contribution >= 0.6 is 11.8 Å². The summed E-state index contributed by atoms with van der Waals surface area (Å²) in [6.07, 6.45) is 0. The predicted molar refractivity (Wildman–Crippen MR) is 181 cm³/mol. The molecule has 0 aliphatic carbocycles. The molecule has 1 fully saturated rings. The number of para-hydroxylation sites is 1. The number of anilines is 1. The molecule has 11 heteroatoms. The molecule has 1 aromatic heterocycles. The highest BCUT2D eigenvalue weighted by molar-refractivity contribution is 7.99. The van der Waals surface area contributed by atoms with Gasteiger partial charge in [0.1, 0.15) is 0 Å². The molecule has 0 radical (unpaired) electrons. The topological polar surface area (TPSA) is 106 Å². The van der Waals surface area contributed by atoms with Crippen LogP contribution in [0.3, 0.4) is 0 Å². The van der Waals surface area contributed by atoms with E-state index in [1.54, 1.807) is 16.7 Å². The largest absolute Gasteiger partial charge is 0.454 e. The second kappa shape index (κ2) is 13.6. The number of rotatable bonds is 9.